The zero-order valence-corrected chi connectivity index (χ0v) is 37.6. The van der Waals surface area contributed by atoms with Gasteiger partial charge in [-0.15, -0.1) is 0 Å². The highest BCUT2D eigenvalue weighted by atomic mass is 16.6. The van der Waals surface area contributed by atoms with E-state index in [1.807, 2.05) is 0 Å². The Kier molecular flexibility index (Phi) is 11.4. The number of phenols is 15. The number of aromatic hydroxyl groups is 15. The van der Waals surface area contributed by atoms with Gasteiger partial charge in [-0.05, 0) is 59.7 Å². The first-order valence-corrected chi connectivity index (χ1v) is 22.2. The normalized spacial score (nSPS) is 21.7. The van der Waals surface area contributed by atoms with Crippen molar-refractivity contribution < 1.29 is 111 Å². The number of hydrogen-bond donors (Lipinski definition) is 17. The number of aliphatic hydroxyl groups is 2. The molecule has 3 aliphatic rings. The van der Waals surface area contributed by atoms with Gasteiger partial charge in [-0.3, -0.25) is 0 Å². The van der Waals surface area contributed by atoms with Crippen molar-refractivity contribution in [3.05, 3.63) is 141 Å². The fourth-order valence-corrected chi connectivity index (χ4v) is 9.95. The summed E-state index contributed by atoms with van der Waals surface area (Å²) in [6.45, 7) is 0. The maximum Gasteiger partial charge on any atom is 0.338 e. The summed E-state index contributed by atoms with van der Waals surface area (Å²) in [4.78, 5) is 13.7. The first-order chi connectivity index (χ1) is 35.1. The van der Waals surface area contributed by atoms with Gasteiger partial charge >= 0.3 is 5.97 Å². The molecule has 0 bridgehead atoms. The molecule has 17 N–H and O–H groups in total. The highest BCUT2D eigenvalue weighted by Crippen LogP contribution is 2.62. The zero-order valence-electron chi connectivity index (χ0n) is 37.6. The lowest BCUT2D eigenvalue weighted by Gasteiger charge is -2.43. The predicted octanol–water partition coefficient (Wildman–Crippen LogP) is 5.43. The van der Waals surface area contributed by atoms with Crippen LogP contribution in [0.25, 0.3) is 0 Å². The summed E-state index contributed by atoms with van der Waals surface area (Å²) in [5.74, 6) is -16.8. The zero-order chi connectivity index (χ0) is 52.9. The van der Waals surface area contributed by atoms with E-state index >= 15 is 0 Å². The van der Waals surface area contributed by atoms with Crippen molar-refractivity contribution in [1.29, 1.82) is 0 Å². The second-order valence-corrected chi connectivity index (χ2v) is 17.9. The van der Waals surface area contributed by atoms with Crippen LogP contribution in [-0.4, -0.2) is 111 Å². The second kappa shape index (κ2) is 17.6. The molecular weight excluding hydrogens is 977 g/mol. The third-order valence-electron chi connectivity index (χ3n) is 13.4. The van der Waals surface area contributed by atoms with Crippen LogP contribution in [0.15, 0.2) is 91.0 Å². The molecule has 7 aromatic carbocycles. The van der Waals surface area contributed by atoms with E-state index in [9.17, 15) is 91.6 Å². The number of phenolic OH excluding ortho intramolecular Hbond substituents is 15. The van der Waals surface area contributed by atoms with Crippen LogP contribution in [0.1, 0.15) is 85.0 Å². The van der Waals surface area contributed by atoms with Gasteiger partial charge in [0.15, 0.2) is 70.1 Å². The maximum absolute atomic E-state index is 13.7. The quantitative estimate of drug-likeness (QED) is 0.0699. The average Bonchev–Trinajstić information content (AvgIpc) is 3.34. The molecule has 0 spiro atoms. The molecular formula is C52H42O22. The number of carbonyl (C=O) groups is 1. The fraction of sp³-hybridized carbons (Fsp3) is 0.173. The third kappa shape index (κ3) is 7.80. The van der Waals surface area contributed by atoms with E-state index in [-0.39, 0.29) is 33.6 Å². The van der Waals surface area contributed by atoms with Gasteiger partial charge in [0.1, 0.15) is 70.1 Å². The number of aliphatic hydroxyl groups excluding tert-OH is 2. The van der Waals surface area contributed by atoms with E-state index in [1.54, 1.807) is 0 Å². The molecule has 0 radical (unpaired) electrons. The molecule has 22 heteroatoms. The van der Waals surface area contributed by atoms with Crippen molar-refractivity contribution in [1.82, 2.24) is 0 Å². The molecule has 0 amide bonds. The largest absolute Gasteiger partial charge is 0.508 e. The standard InChI is InChI=1S/C52H42O22/c53-21-12-30(61)38-36(13-21)71-48(18-2-5-24(55)28(59)8-18)45(68)42(38)40-32(63)16-33(64)41-43(46(69)49(74-51(40)41)19-3-6-25(56)29(60)9-19)39-31(62)15-26(57)22-14-37(72-52(70)20-10-34(65)44(67)35(66)11-20)47(73-50(22)39)17-1-4-23(54)27(58)7-17/h1-13,15-16,37,42-43,45-49,53-69H,14H2/t37-,42-,43+,45-,46-,47-,48-,49-/m1/s1. The van der Waals surface area contributed by atoms with Crippen molar-refractivity contribution in [3.63, 3.8) is 0 Å². The first-order valence-electron chi connectivity index (χ1n) is 22.2. The summed E-state index contributed by atoms with van der Waals surface area (Å²) >= 11 is 0. The molecule has 0 aromatic heterocycles. The molecule has 382 valence electrons. The van der Waals surface area contributed by atoms with Crippen LogP contribution in [0, 0.1) is 0 Å². The van der Waals surface area contributed by atoms with Crippen LogP contribution >= 0.6 is 0 Å². The lowest BCUT2D eigenvalue weighted by molar-refractivity contribution is -0.0213. The number of ether oxygens (including phenoxy) is 4. The van der Waals surface area contributed by atoms with E-state index in [0.29, 0.717) is 0 Å². The molecule has 0 aliphatic carbocycles. The number of carbonyl (C=O) groups excluding carboxylic acids is 1. The lowest BCUT2D eigenvalue weighted by atomic mass is 9.73. The average molecular weight is 1020 g/mol. The molecule has 8 atom stereocenters. The smallest absolute Gasteiger partial charge is 0.338 e. The van der Waals surface area contributed by atoms with Crippen LogP contribution in [0.5, 0.6) is 103 Å². The maximum atomic E-state index is 13.7. The summed E-state index contributed by atoms with van der Waals surface area (Å²) < 4.78 is 25.0. The van der Waals surface area contributed by atoms with Gasteiger partial charge in [0, 0.05) is 64.1 Å². The van der Waals surface area contributed by atoms with E-state index in [4.69, 9.17) is 18.9 Å². The fourth-order valence-electron chi connectivity index (χ4n) is 9.95. The Balaban J connectivity index is 1.20. The highest BCUT2D eigenvalue weighted by molar-refractivity contribution is 5.91. The molecule has 0 fully saturated rings. The molecule has 7 aromatic rings. The molecule has 74 heavy (non-hydrogen) atoms. The molecule has 3 aliphatic heterocycles. The summed E-state index contributed by atoms with van der Waals surface area (Å²) in [6, 6.07) is 15.3. The van der Waals surface area contributed by atoms with Crippen molar-refractivity contribution in [2.45, 2.75) is 54.9 Å². The lowest BCUT2D eigenvalue weighted by Crippen LogP contribution is -2.39. The van der Waals surface area contributed by atoms with Gasteiger partial charge in [-0.2, -0.15) is 0 Å². The number of rotatable bonds is 7. The second-order valence-electron chi connectivity index (χ2n) is 17.9. The SMILES string of the molecule is O=C(O[C@@H]1Cc2c(O)cc(O)c([C@H]3c4c(O)cc(O)c([C@H]5c6c(O)cc(O)cc6O[C@H](c6ccc(O)c(O)c6)[C@@H]5O)c4O[C@H](c4ccc(O)c(O)c4)[C@@H]3O)c2O[C@@H]1c1ccc(O)c(O)c1)c1cc(O)c(O)c(O)c1. The van der Waals surface area contributed by atoms with Crippen molar-refractivity contribution in [2.75, 3.05) is 0 Å². The topological polar surface area (TPSA) is 398 Å². The molecule has 22 nitrogen and oxygen atoms in total. The number of esters is 1. The summed E-state index contributed by atoms with van der Waals surface area (Å²) in [5.41, 5.74) is -2.34. The van der Waals surface area contributed by atoms with Gasteiger partial charge in [-0.1, -0.05) is 18.2 Å². The van der Waals surface area contributed by atoms with Gasteiger partial charge in [0.25, 0.3) is 0 Å². The van der Waals surface area contributed by atoms with E-state index in [1.165, 1.54) is 18.2 Å². The summed E-state index contributed by atoms with van der Waals surface area (Å²) in [6.07, 6.45) is -10.9. The van der Waals surface area contributed by atoms with Gasteiger partial charge in [0.2, 0.25) is 0 Å². The predicted molar refractivity (Wildman–Crippen MR) is 249 cm³/mol. The van der Waals surface area contributed by atoms with Crippen LogP contribution < -0.4 is 14.2 Å². The van der Waals surface area contributed by atoms with Crippen LogP contribution in [0.2, 0.25) is 0 Å². The van der Waals surface area contributed by atoms with Crippen molar-refractivity contribution >= 4 is 5.97 Å². The van der Waals surface area contributed by atoms with Crippen molar-refractivity contribution in [3.8, 4) is 103 Å². The Morgan fingerprint density at radius 2 is 0.851 bits per heavy atom. The molecule has 0 saturated heterocycles. The van der Waals surface area contributed by atoms with E-state index < -0.39 is 181 Å². The number of benzene rings is 7. The molecule has 10 rings (SSSR count). The minimum absolute atomic E-state index is 0.0103. The van der Waals surface area contributed by atoms with Crippen LogP contribution in [-0.2, 0) is 11.2 Å². The highest BCUT2D eigenvalue weighted by Gasteiger charge is 2.51. The van der Waals surface area contributed by atoms with Crippen molar-refractivity contribution in [2.24, 2.45) is 0 Å². The van der Waals surface area contributed by atoms with E-state index in [2.05, 4.69) is 0 Å². The van der Waals surface area contributed by atoms with E-state index in [0.717, 1.165) is 72.8 Å². The number of fused-ring (bicyclic) bond motifs is 3. The van der Waals surface area contributed by atoms with Gasteiger partial charge in [0.05, 0.1) is 17.4 Å². The monoisotopic (exact) mass is 1020 g/mol. The van der Waals surface area contributed by atoms with Gasteiger partial charge < -0.3 is 106 Å². The van der Waals surface area contributed by atoms with Crippen LogP contribution in [0.4, 0.5) is 0 Å². The summed E-state index contributed by atoms with van der Waals surface area (Å²) in [7, 11) is 0. The van der Waals surface area contributed by atoms with Crippen LogP contribution in [0.3, 0.4) is 0 Å². The minimum Gasteiger partial charge on any atom is -0.508 e. The first kappa shape index (κ1) is 48.0. The van der Waals surface area contributed by atoms with Gasteiger partial charge in [-0.25, -0.2) is 4.79 Å². The molecule has 0 unspecified atom stereocenters. The molecule has 0 saturated carbocycles. The number of hydrogen-bond acceptors (Lipinski definition) is 22. The molecule has 3 heterocycles. The Hall–Kier alpha value is -9.67. The Bertz CT molecular complexity index is 3440. The Morgan fingerprint density at radius 3 is 1.36 bits per heavy atom. The Morgan fingerprint density at radius 1 is 0.419 bits per heavy atom. The Labute approximate surface area is 415 Å². The summed E-state index contributed by atoms with van der Waals surface area (Å²) in [5, 5.41) is 188. The third-order valence-corrected chi connectivity index (χ3v) is 13.4. The minimum atomic E-state index is -2.02.